The fourth-order valence-electron chi connectivity index (χ4n) is 3.43. The minimum Gasteiger partial charge on any atom is -0.379 e. The molecule has 1 aromatic heterocycles. The molecule has 5 heteroatoms. The van der Waals surface area contributed by atoms with Gasteiger partial charge in [-0.15, -0.1) is 0 Å². The molecule has 1 aromatic rings. The van der Waals surface area contributed by atoms with E-state index in [4.69, 9.17) is 4.74 Å². The van der Waals surface area contributed by atoms with Crippen LogP contribution in [0.3, 0.4) is 0 Å². The van der Waals surface area contributed by atoms with E-state index in [0.717, 1.165) is 63.4 Å². The summed E-state index contributed by atoms with van der Waals surface area (Å²) < 4.78 is 5.43. The van der Waals surface area contributed by atoms with Crippen LogP contribution in [0.4, 0.5) is 0 Å². The highest BCUT2D eigenvalue weighted by Crippen LogP contribution is 2.20. The molecule has 116 valence electrons. The molecule has 1 atom stereocenters. The minimum atomic E-state index is 0.177. The van der Waals surface area contributed by atoms with E-state index in [2.05, 4.69) is 9.88 Å². The van der Waals surface area contributed by atoms with Crippen LogP contribution in [0, 0.1) is 6.92 Å². The highest BCUT2D eigenvalue weighted by molar-refractivity contribution is 5.95. The Hall–Kier alpha value is -1.33. The summed E-state index contributed by atoms with van der Waals surface area (Å²) in [6, 6.07) is 0.610. The molecule has 1 amide bonds. The first kappa shape index (κ1) is 14.6. The fourth-order valence-corrected chi connectivity index (χ4v) is 3.43. The first-order valence-electron chi connectivity index (χ1n) is 8.00. The van der Waals surface area contributed by atoms with Crippen LogP contribution in [0.1, 0.15) is 35.2 Å². The van der Waals surface area contributed by atoms with Crippen molar-refractivity contribution in [2.24, 2.45) is 0 Å². The van der Waals surface area contributed by atoms with E-state index < -0.39 is 0 Å². The Morgan fingerprint density at radius 2 is 2.00 bits per heavy atom. The number of aryl methyl sites for hydroxylation is 1. The summed E-state index contributed by atoms with van der Waals surface area (Å²) in [7, 11) is 0. The number of nitrogens with one attached hydrogen (secondary N) is 1. The number of H-pyrrole nitrogens is 1. The van der Waals surface area contributed by atoms with Crippen molar-refractivity contribution in [3.8, 4) is 0 Å². The number of hydrogen-bond donors (Lipinski definition) is 1. The first-order valence-corrected chi connectivity index (χ1v) is 8.00. The average Bonchev–Trinajstić information content (AvgIpc) is 2.80. The summed E-state index contributed by atoms with van der Waals surface area (Å²) in [5, 5.41) is 0. The van der Waals surface area contributed by atoms with Crippen LogP contribution in [-0.4, -0.2) is 66.1 Å². The molecule has 2 aliphatic rings. The van der Waals surface area contributed by atoms with Gasteiger partial charge in [-0.2, -0.15) is 0 Å². The Labute approximate surface area is 126 Å². The summed E-state index contributed by atoms with van der Waals surface area (Å²) in [4.78, 5) is 20.2. The first-order chi connectivity index (χ1) is 10.3. The number of nitrogens with zero attached hydrogens (tertiary/aromatic N) is 2. The Morgan fingerprint density at radius 1 is 1.19 bits per heavy atom. The van der Waals surface area contributed by atoms with Gasteiger partial charge in [0, 0.05) is 44.6 Å². The zero-order chi connectivity index (χ0) is 14.7. The van der Waals surface area contributed by atoms with Crippen LogP contribution in [-0.2, 0) is 4.74 Å². The third-order valence-corrected chi connectivity index (χ3v) is 4.73. The molecule has 0 saturated carbocycles. The second-order valence-electron chi connectivity index (χ2n) is 6.08. The van der Waals surface area contributed by atoms with Crippen LogP contribution in [0.15, 0.2) is 12.4 Å². The fraction of sp³-hybridized carbons (Fsp3) is 0.688. The Balaban J connectivity index is 1.60. The molecule has 2 fully saturated rings. The van der Waals surface area contributed by atoms with Gasteiger partial charge in [0.15, 0.2) is 0 Å². The third kappa shape index (κ3) is 3.30. The van der Waals surface area contributed by atoms with Crippen molar-refractivity contribution < 1.29 is 9.53 Å². The predicted octanol–water partition coefficient (Wildman–Crippen LogP) is 1.65. The zero-order valence-electron chi connectivity index (χ0n) is 12.8. The zero-order valence-corrected chi connectivity index (χ0v) is 12.8. The van der Waals surface area contributed by atoms with E-state index in [0.29, 0.717) is 6.04 Å². The van der Waals surface area contributed by atoms with Gasteiger partial charge in [0.05, 0.1) is 18.8 Å². The maximum absolute atomic E-state index is 12.6. The molecule has 2 aliphatic heterocycles. The second-order valence-corrected chi connectivity index (χ2v) is 6.08. The molecule has 5 nitrogen and oxygen atoms in total. The maximum Gasteiger partial charge on any atom is 0.255 e. The van der Waals surface area contributed by atoms with Gasteiger partial charge in [-0.25, -0.2) is 0 Å². The highest BCUT2D eigenvalue weighted by Gasteiger charge is 2.26. The smallest absolute Gasteiger partial charge is 0.255 e. The number of morpholine rings is 1. The molecule has 3 heterocycles. The van der Waals surface area contributed by atoms with Crippen molar-refractivity contribution in [3.63, 3.8) is 0 Å². The van der Waals surface area contributed by atoms with Crippen molar-refractivity contribution in [2.45, 2.75) is 32.2 Å². The standard InChI is InChI=1S/C16H25N3O2/c1-13-11-17-12-15(13)16(20)19-5-2-3-14(4-6-19)18-7-9-21-10-8-18/h11-12,14,17H,2-10H2,1H3. The highest BCUT2D eigenvalue weighted by atomic mass is 16.5. The van der Waals surface area contributed by atoms with Gasteiger partial charge in [-0.3, -0.25) is 9.69 Å². The van der Waals surface area contributed by atoms with E-state index in [1.54, 1.807) is 0 Å². The normalized spacial score (nSPS) is 24.8. The molecule has 1 N–H and O–H groups in total. The Kier molecular flexibility index (Phi) is 4.60. The monoisotopic (exact) mass is 291 g/mol. The summed E-state index contributed by atoms with van der Waals surface area (Å²) >= 11 is 0. The number of aromatic nitrogens is 1. The molecule has 2 saturated heterocycles. The summed E-state index contributed by atoms with van der Waals surface area (Å²) in [5.74, 6) is 0.177. The Morgan fingerprint density at radius 3 is 2.71 bits per heavy atom. The van der Waals surface area contributed by atoms with Crippen LogP contribution in [0.5, 0.6) is 0 Å². The number of carbonyl (C=O) groups excluding carboxylic acids is 1. The number of aromatic amines is 1. The number of likely N-dealkylation sites (tertiary alicyclic amines) is 1. The van der Waals surface area contributed by atoms with Crippen LogP contribution < -0.4 is 0 Å². The Bertz CT molecular complexity index is 480. The van der Waals surface area contributed by atoms with Crippen molar-refractivity contribution in [2.75, 3.05) is 39.4 Å². The molecule has 0 aliphatic carbocycles. The predicted molar refractivity (Wildman–Crippen MR) is 81.5 cm³/mol. The van der Waals surface area contributed by atoms with Crippen LogP contribution in [0.25, 0.3) is 0 Å². The lowest BCUT2D eigenvalue weighted by molar-refractivity contribution is 0.0135. The van der Waals surface area contributed by atoms with Gasteiger partial charge >= 0.3 is 0 Å². The molecule has 1 unspecified atom stereocenters. The van der Waals surface area contributed by atoms with E-state index >= 15 is 0 Å². The van der Waals surface area contributed by atoms with E-state index in [1.165, 1.54) is 6.42 Å². The lowest BCUT2D eigenvalue weighted by Crippen LogP contribution is -2.44. The summed E-state index contributed by atoms with van der Waals surface area (Å²) in [6.45, 7) is 7.50. The number of amides is 1. The van der Waals surface area contributed by atoms with E-state index in [-0.39, 0.29) is 5.91 Å². The van der Waals surface area contributed by atoms with Crippen molar-refractivity contribution in [1.82, 2.24) is 14.8 Å². The van der Waals surface area contributed by atoms with Gasteiger partial charge in [0.2, 0.25) is 0 Å². The molecule has 21 heavy (non-hydrogen) atoms. The maximum atomic E-state index is 12.6. The molecular weight excluding hydrogens is 266 g/mol. The minimum absolute atomic E-state index is 0.177. The second kappa shape index (κ2) is 6.62. The lowest BCUT2D eigenvalue weighted by atomic mass is 10.1. The van der Waals surface area contributed by atoms with Gasteiger partial charge in [-0.1, -0.05) is 0 Å². The van der Waals surface area contributed by atoms with Gasteiger partial charge < -0.3 is 14.6 Å². The molecule has 0 radical (unpaired) electrons. The van der Waals surface area contributed by atoms with Gasteiger partial charge in [0.25, 0.3) is 5.91 Å². The van der Waals surface area contributed by atoms with Crippen LogP contribution in [0.2, 0.25) is 0 Å². The van der Waals surface area contributed by atoms with Crippen molar-refractivity contribution in [3.05, 3.63) is 23.5 Å². The number of ether oxygens (including phenoxy) is 1. The largest absolute Gasteiger partial charge is 0.379 e. The number of hydrogen-bond acceptors (Lipinski definition) is 3. The molecule has 3 rings (SSSR count). The molecular formula is C16H25N3O2. The molecule has 0 bridgehead atoms. The van der Waals surface area contributed by atoms with Crippen molar-refractivity contribution in [1.29, 1.82) is 0 Å². The topological polar surface area (TPSA) is 48.6 Å². The summed E-state index contributed by atoms with van der Waals surface area (Å²) in [6.07, 6.45) is 7.08. The van der Waals surface area contributed by atoms with E-state index in [1.807, 2.05) is 24.2 Å². The van der Waals surface area contributed by atoms with Crippen molar-refractivity contribution >= 4 is 5.91 Å². The SMILES string of the molecule is Cc1c[nH]cc1C(=O)N1CCCC(N2CCOCC2)CC1. The third-order valence-electron chi connectivity index (χ3n) is 4.73. The average molecular weight is 291 g/mol. The number of carbonyl (C=O) groups is 1. The van der Waals surface area contributed by atoms with Gasteiger partial charge in [0.1, 0.15) is 0 Å². The molecule has 0 aromatic carbocycles. The molecule has 0 spiro atoms. The lowest BCUT2D eigenvalue weighted by Gasteiger charge is -2.34. The van der Waals surface area contributed by atoms with Crippen LogP contribution >= 0.6 is 0 Å². The quantitative estimate of drug-likeness (QED) is 0.901. The van der Waals surface area contributed by atoms with Gasteiger partial charge in [-0.05, 0) is 31.7 Å². The van der Waals surface area contributed by atoms with E-state index in [9.17, 15) is 4.79 Å². The summed E-state index contributed by atoms with van der Waals surface area (Å²) in [5.41, 5.74) is 1.86. The number of rotatable bonds is 2.